The van der Waals surface area contributed by atoms with E-state index in [0.29, 0.717) is 5.95 Å². The van der Waals surface area contributed by atoms with Crippen LogP contribution in [0, 0.1) is 13.8 Å². The predicted octanol–water partition coefficient (Wildman–Crippen LogP) is 4.46. The van der Waals surface area contributed by atoms with Crippen LogP contribution in [0.1, 0.15) is 37.8 Å². The molecule has 0 atom stereocenters. The van der Waals surface area contributed by atoms with Gasteiger partial charge >= 0.3 is 0 Å². The fourth-order valence-corrected chi connectivity index (χ4v) is 2.46. The van der Waals surface area contributed by atoms with Gasteiger partial charge in [-0.3, -0.25) is 0 Å². The molecule has 2 rings (SSSR count). The molecule has 0 radical (unpaired) electrons. The van der Waals surface area contributed by atoms with Crippen LogP contribution in [-0.2, 0) is 0 Å². The van der Waals surface area contributed by atoms with Gasteiger partial charge in [0.2, 0.25) is 5.95 Å². The molecule has 4 heteroatoms. The van der Waals surface area contributed by atoms with Crippen molar-refractivity contribution in [2.24, 2.45) is 0 Å². The molecule has 1 aromatic heterocycles. The van der Waals surface area contributed by atoms with E-state index in [9.17, 15) is 0 Å². The largest absolute Gasteiger partial charge is 0.356 e. The molecular formula is C18H26N4. The zero-order valence-corrected chi connectivity index (χ0v) is 14.1. The molecule has 0 aliphatic heterocycles. The topological polar surface area (TPSA) is 41.1 Å². The van der Waals surface area contributed by atoms with Gasteiger partial charge in [-0.1, -0.05) is 26.0 Å². The third-order valence-corrected chi connectivity index (χ3v) is 3.59. The molecule has 0 amide bonds. The molecule has 4 nitrogen and oxygen atoms in total. The summed E-state index contributed by atoms with van der Waals surface area (Å²) in [7, 11) is 0. The van der Waals surface area contributed by atoms with E-state index in [2.05, 4.69) is 66.1 Å². The molecule has 0 unspecified atom stereocenters. The first-order valence-corrected chi connectivity index (χ1v) is 8.06. The quantitative estimate of drug-likeness (QED) is 0.819. The molecule has 118 valence electrons. The van der Waals surface area contributed by atoms with E-state index in [1.165, 1.54) is 11.1 Å². The summed E-state index contributed by atoms with van der Waals surface area (Å²) in [4.78, 5) is 11.4. The first-order valence-electron chi connectivity index (χ1n) is 8.06. The molecule has 1 heterocycles. The maximum absolute atomic E-state index is 4.68. The molecule has 0 saturated carbocycles. The summed E-state index contributed by atoms with van der Waals surface area (Å²) in [6.07, 6.45) is 4.06. The number of hydrogen-bond donors (Lipinski definition) is 1. The Hall–Kier alpha value is -2.10. The van der Waals surface area contributed by atoms with Gasteiger partial charge in [-0.15, -0.1) is 0 Å². The monoisotopic (exact) mass is 298 g/mol. The molecule has 1 N–H and O–H groups in total. The lowest BCUT2D eigenvalue weighted by molar-refractivity contribution is 0.733. The summed E-state index contributed by atoms with van der Waals surface area (Å²) in [6, 6.07) is 8.34. The number of nitrogens with zero attached hydrogens (tertiary/aromatic N) is 3. The number of aromatic nitrogens is 2. The van der Waals surface area contributed by atoms with Gasteiger partial charge in [0.15, 0.2) is 0 Å². The Labute approximate surface area is 133 Å². The molecule has 0 aliphatic rings. The highest BCUT2D eigenvalue weighted by Gasteiger charge is 2.08. The second-order valence-corrected chi connectivity index (χ2v) is 5.67. The molecule has 22 heavy (non-hydrogen) atoms. The Bertz CT molecular complexity index is 604. The third kappa shape index (κ3) is 4.20. The van der Waals surface area contributed by atoms with Crippen LogP contribution in [0.5, 0.6) is 0 Å². The lowest BCUT2D eigenvalue weighted by Crippen LogP contribution is -2.26. The Kier molecular flexibility index (Phi) is 5.75. The number of hydrogen-bond acceptors (Lipinski definition) is 4. The summed E-state index contributed by atoms with van der Waals surface area (Å²) < 4.78 is 0. The summed E-state index contributed by atoms with van der Waals surface area (Å²) in [5, 5.41) is 3.34. The van der Waals surface area contributed by atoms with Crippen LogP contribution >= 0.6 is 0 Å². The summed E-state index contributed by atoms with van der Waals surface area (Å²) in [5.41, 5.74) is 3.48. The Morgan fingerprint density at radius 2 is 1.77 bits per heavy atom. The molecule has 0 saturated heterocycles. The van der Waals surface area contributed by atoms with Crippen LogP contribution in [0.2, 0.25) is 0 Å². The van der Waals surface area contributed by atoms with E-state index in [1.54, 1.807) is 0 Å². The van der Waals surface area contributed by atoms with Crippen molar-refractivity contribution < 1.29 is 0 Å². The predicted molar refractivity (Wildman–Crippen MR) is 94.0 cm³/mol. The average molecular weight is 298 g/mol. The molecule has 0 spiro atoms. The van der Waals surface area contributed by atoms with Crippen LogP contribution in [0.15, 0.2) is 30.5 Å². The van der Waals surface area contributed by atoms with Crippen molar-refractivity contribution in [1.82, 2.24) is 9.97 Å². The molecule has 0 aliphatic carbocycles. The van der Waals surface area contributed by atoms with Crippen molar-refractivity contribution in [2.75, 3.05) is 23.3 Å². The van der Waals surface area contributed by atoms with Crippen molar-refractivity contribution in [3.05, 3.63) is 41.6 Å². The zero-order valence-electron chi connectivity index (χ0n) is 14.1. The second kappa shape index (κ2) is 7.78. The van der Waals surface area contributed by atoms with Crippen molar-refractivity contribution in [1.29, 1.82) is 0 Å². The Morgan fingerprint density at radius 3 is 2.45 bits per heavy atom. The fourth-order valence-electron chi connectivity index (χ4n) is 2.46. The van der Waals surface area contributed by atoms with E-state index in [4.69, 9.17) is 0 Å². The first kappa shape index (κ1) is 16.3. The summed E-state index contributed by atoms with van der Waals surface area (Å²) in [5.74, 6) is 1.65. The molecule has 2 aromatic rings. The van der Waals surface area contributed by atoms with Gasteiger partial charge in [-0.25, -0.2) is 4.98 Å². The van der Waals surface area contributed by atoms with E-state index < -0.39 is 0 Å². The minimum atomic E-state index is 0.656. The molecule has 0 bridgehead atoms. The SMILES string of the molecule is CCCN(CCC)c1ccnc(Nc2cc(C)ccc2C)n1. The Balaban J connectivity index is 2.22. The summed E-state index contributed by atoms with van der Waals surface area (Å²) >= 11 is 0. The number of nitrogens with one attached hydrogen (secondary N) is 1. The smallest absolute Gasteiger partial charge is 0.229 e. The Morgan fingerprint density at radius 1 is 1.05 bits per heavy atom. The lowest BCUT2D eigenvalue weighted by Gasteiger charge is -2.22. The van der Waals surface area contributed by atoms with Gasteiger partial charge in [-0.05, 0) is 49.9 Å². The maximum Gasteiger partial charge on any atom is 0.229 e. The average Bonchev–Trinajstić information content (AvgIpc) is 2.51. The van der Waals surface area contributed by atoms with E-state index in [-0.39, 0.29) is 0 Å². The standard InChI is InChI=1S/C18H26N4/c1-5-11-22(12-6-2)17-9-10-19-18(21-17)20-16-13-14(3)7-8-15(16)4/h7-10,13H,5-6,11-12H2,1-4H3,(H,19,20,21). The van der Waals surface area contributed by atoms with Gasteiger partial charge in [-0.2, -0.15) is 4.98 Å². The van der Waals surface area contributed by atoms with Crippen LogP contribution in [0.25, 0.3) is 0 Å². The van der Waals surface area contributed by atoms with Crippen molar-refractivity contribution in [3.63, 3.8) is 0 Å². The van der Waals surface area contributed by atoms with Gasteiger partial charge in [0.25, 0.3) is 0 Å². The number of benzene rings is 1. The van der Waals surface area contributed by atoms with E-state index >= 15 is 0 Å². The maximum atomic E-state index is 4.68. The van der Waals surface area contributed by atoms with E-state index in [0.717, 1.165) is 37.4 Å². The van der Waals surface area contributed by atoms with Crippen LogP contribution < -0.4 is 10.2 Å². The minimum absolute atomic E-state index is 0.656. The molecule has 0 fully saturated rings. The van der Waals surface area contributed by atoms with Gasteiger partial charge in [0, 0.05) is 25.0 Å². The van der Waals surface area contributed by atoms with Crippen molar-refractivity contribution in [3.8, 4) is 0 Å². The van der Waals surface area contributed by atoms with Gasteiger partial charge in [0.05, 0.1) is 0 Å². The summed E-state index contributed by atoms with van der Waals surface area (Å²) in [6.45, 7) is 10.6. The van der Waals surface area contributed by atoms with Crippen molar-refractivity contribution in [2.45, 2.75) is 40.5 Å². The second-order valence-electron chi connectivity index (χ2n) is 5.67. The van der Waals surface area contributed by atoms with Crippen molar-refractivity contribution >= 4 is 17.5 Å². The van der Waals surface area contributed by atoms with Crippen LogP contribution in [0.4, 0.5) is 17.5 Å². The highest BCUT2D eigenvalue weighted by atomic mass is 15.2. The lowest BCUT2D eigenvalue weighted by atomic mass is 10.1. The highest BCUT2D eigenvalue weighted by Crippen LogP contribution is 2.21. The normalized spacial score (nSPS) is 10.5. The first-order chi connectivity index (χ1) is 10.6. The molecule has 1 aromatic carbocycles. The van der Waals surface area contributed by atoms with Gasteiger partial charge < -0.3 is 10.2 Å². The third-order valence-electron chi connectivity index (χ3n) is 3.59. The van der Waals surface area contributed by atoms with Gasteiger partial charge in [0.1, 0.15) is 5.82 Å². The van der Waals surface area contributed by atoms with Crippen LogP contribution in [0.3, 0.4) is 0 Å². The molecular weight excluding hydrogens is 272 g/mol. The van der Waals surface area contributed by atoms with Crippen LogP contribution in [-0.4, -0.2) is 23.1 Å². The number of anilines is 3. The minimum Gasteiger partial charge on any atom is -0.356 e. The highest BCUT2D eigenvalue weighted by molar-refractivity contribution is 5.60. The fraction of sp³-hybridized carbons (Fsp3) is 0.444. The number of rotatable bonds is 7. The van der Waals surface area contributed by atoms with E-state index in [1.807, 2.05) is 12.3 Å². The number of aryl methyl sites for hydroxylation is 2. The zero-order chi connectivity index (χ0) is 15.9.